The van der Waals surface area contributed by atoms with Gasteiger partial charge in [0.2, 0.25) is 0 Å². The van der Waals surface area contributed by atoms with Gasteiger partial charge in [-0.25, -0.2) is 0 Å². The van der Waals surface area contributed by atoms with Gasteiger partial charge in [0.25, 0.3) is 0 Å². The van der Waals surface area contributed by atoms with Crippen LogP contribution < -0.4 is 10.5 Å². The lowest BCUT2D eigenvalue weighted by Gasteiger charge is -2.24. The molecule has 0 heterocycles. The molecule has 0 saturated carbocycles. The molecule has 0 aliphatic rings. The topological polar surface area (TPSA) is 35.2 Å². The van der Waals surface area contributed by atoms with Gasteiger partial charge in [-0.05, 0) is 111 Å². The van der Waals surface area contributed by atoms with E-state index < -0.39 is 0 Å². The second kappa shape index (κ2) is 26.1. The molecule has 49 heavy (non-hydrogen) atoms. The van der Waals surface area contributed by atoms with Gasteiger partial charge in [-0.15, -0.1) is 0 Å². The lowest BCUT2D eigenvalue weighted by Crippen LogP contribution is -2.15. The number of benzene rings is 1. The Morgan fingerprint density at radius 3 is 2.35 bits per heavy atom. The SMILES string of the molecule is C=C(c1ccc(C#CCCC)cc1OC(/C=C\C(C)C(C)C(C)CCCCCC)=C/[C@H](C)CC)[C@H](C)C/C(C)=C/C(=C\CCCC)CCN. The summed E-state index contributed by atoms with van der Waals surface area (Å²) in [5.41, 5.74) is 11.8. The first-order valence-corrected chi connectivity index (χ1v) is 20.0. The first-order valence-electron chi connectivity index (χ1n) is 20.0. The molecule has 1 aromatic rings. The fourth-order valence-electron chi connectivity index (χ4n) is 6.12. The van der Waals surface area contributed by atoms with Gasteiger partial charge < -0.3 is 10.5 Å². The van der Waals surface area contributed by atoms with E-state index in [1.165, 1.54) is 56.1 Å². The normalized spacial score (nSPS) is 15.8. The Morgan fingerprint density at radius 1 is 0.959 bits per heavy atom. The number of nitrogens with two attached hydrogens (primary N) is 1. The lowest BCUT2D eigenvalue weighted by molar-refractivity contribution is 0.295. The minimum Gasteiger partial charge on any atom is -0.457 e. The van der Waals surface area contributed by atoms with Crippen LogP contribution >= 0.6 is 0 Å². The molecule has 1 rings (SSSR count). The predicted octanol–water partition coefficient (Wildman–Crippen LogP) is 14.0. The minimum absolute atomic E-state index is 0.252. The lowest BCUT2D eigenvalue weighted by atomic mass is 9.82. The van der Waals surface area contributed by atoms with Gasteiger partial charge in [0.05, 0.1) is 0 Å². The molecule has 0 amide bonds. The van der Waals surface area contributed by atoms with Crippen molar-refractivity contribution in [2.24, 2.45) is 35.3 Å². The fraction of sp³-hybridized carbons (Fsp3) is 0.617. The molecule has 0 saturated heterocycles. The highest BCUT2D eigenvalue weighted by atomic mass is 16.5. The second-order valence-corrected chi connectivity index (χ2v) is 14.8. The minimum atomic E-state index is 0.252. The van der Waals surface area contributed by atoms with Crippen LogP contribution in [0.4, 0.5) is 0 Å². The molecule has 0 aliphatic heterocycles. The highest BCUT2D eigenvalue weighted by molar-refractivity contribution is 5.71. The molecule has 2 nitrogen and oxygen atoms in total. The summed E-state index contributed by atoms with van der Waals surface area (Å²) in [4.78, 5) is 0. The number of rotatable bonds is 24. The van der Waals surface area contributed by atoms with Crippen molar-refractivity contribution in [2.45, 2.75) is 153 Å². The summed E-state index contributed by atoms with van der Waals surface area (Å²) in [6, 6.07) is 6.42. The Kier molecular flexibility index (Phi) is 23.6. The van der Waals surface area contributed by atoms with Crippen LogP contribution in [0.1, 0.15) is 164 Å². The summed E-state index contributed by atoms with van der Waals surface area (Å²) in [6.07, 6.45) is 26.6. The zero-order valence-corrected chi connectivity index (χ0v) is 33.6. The second-order valence-electron chi connectivity index (χ2n) is 14.8. The van der Waals surface area contributed by atoms with Gasteiger partial charge in [-0.1, -0.05) is 155 Å². The van der Waals surface area contributed by atoms with Crippen molar-refractivity contribution in [1.82, 2.24) is 0 Å². The fourth-order valence-corrected chi connectivity index (χ4v) is 6.12. The molecule has 0 spiro atoms. The summed E-state index contributed by atoms with van der Waals surface area (Å²) in [7, 11) is 0. The third kappa shape index (κ3) is 18.2. The van der Waals surface area contributed by atoms with E-state index >= 15 is 0 Å². The summed E-state index contributed by atoms with van der Waals surface area (Å²) < 4.78 is 6.88. The summed E-state index contributed by atoms with van der Waals surface area (Å²) in [6.45, 7) is 28.2. The Bertz CT molecular complexity index is 1260. The number of ether oxygens (including phenoxy) is 1. The first-order chi connectivity index (χ1) is 23.5. The smallest absolute Gasteiger partial charge is 0.136 e. The molecule has 0 bridgehead atoms. The van der Waals surface area contributed by atoms with E-state index in [0.29, 0.717) is 30.2 Å². The summed E-state index contributed by atoms with van der Waals surface area (Å²) >= 11 is 0. The van der Waals surface area contributed by atoms with E-state index in [9.17, 15) is 0 Å². The predicted molar refractivity (Wildman–Crippen MR) is 220 cm³/mol. The number of unbranched alkanes of at least 4 members (excludes halogenated alkanes) is 6. The zero-order valence-electron chi connectivity index (χ0n) is 33.6. The van der Waals surface area contributed by atoms with Crippen molar-refractivity contribution in [3.8, 4) is 17.6 Å². The maximum absolute atomic E-state index is 6.88. The van der Waals surface area contributed by atoms with Crippen LogP contribution in [0.15, 0.2) is 72.1 Å². The third-order valence-electron chi connectivity index (χ3n) is 10.1. The third-order valence-corrected chi connectivity index (χ3v) is 10.1. The van der Waals surface area contributed by atoms with Crippen molar-refractivity contribution in [3.05, 3.63) is 83.2 Å². The highest BCUT2D eigenvalue weighted by Gasteiger charge is 2.19. The maximum atomic E-state index is 6.88. The molecule has 2 N–H and O–H groups in total. The Labute approximate surface area is 304 Å². The number of allylic oxidation sites excluding steroid dienone is 7. The molecule has 1 aromatic carbocycles. The van der Waals surface area contributed by atoms with E-state index in [1.54, 1.807) is 0 Å². The zero-order chi connectivity index (χ0) is 36.6. The van der Waals surface area contributed by atoms with E-state index in [-0.39, 0.29) is 5.92 Å². The molecule has 0 radical (unpaired) electrons. The van der Waals surface area contributed by atoms with Gasteiger partial charge >= 0.3 is 0 Å². The molecule has 0 fully saturated rings. The molecule has 0 aliphatic carbocycles. The van der Waals surface area contributed by atoms with Crippen molar-refractivity contribution >= 4 is 5.57 Å². The van der Waals surface area contributed by atoms with Crippen molar-refractivity contribution < 1.29 is 4.74 Å². The van der Waals surface area contributed by atoms with Crippen LogP contribution in [0.25, 0.3) is 5.57 Å². The van der Waals surface area contributed by atoms with Gasteiger partial charge in [0.1, 0.15) is 11.5 Å². The van der Waals surface area contributed by atoms with Crippen LogP contribution in [-0.4, -0.2) is 6.54 Å². The molecule has 3 unspecified atom stereocenters. The standard InChI is InChI=1S/C47H75NO/c1-12-16-19-22-23-38(7)41(10)39(8)26-28-45(34-36(5)15-4)49-47-35-43(24-20-17-13-2)27-29-46(47)42(11)40(9)32-37(6)33-44(30-31-48)25-21-18-14-3/h25-29,33-36,38-41H,11-19,21-23,30-32,48H2,1-10H3/b28-26-,37-33+,44-25-,45-34+/t36-,38?,39?,40-,41?/m1/s1. The Hall–Kier alpha value is -2.76. The van der Waals surface area contributed by atoms with Crippen molar-refractivity contribution in [1.29, 1.82) is 0 Å². The molecule has 5 atom stereocenters. The van der Waals surface area contributed by atoms with Crippen LogP contribution in [-0.2, 0) is 0 Å². The highest BCUT2D eigenvalue weighted by Crippen LogP contribution is 2.35. The molecular formula is C47H75NO. The van der Waals surface area contributed by atoms with Crippen LogP contribution in [0, 0.1) is 41.4 Å². The van der Waals surface area contributed by atoms with E-state index in [4.69, 9.17) is 10.5 Å². The number of hydrogen-bond donors (Lipinski definition) is 1. The average molecular weight is 670 g/mol. The van der Waals surface area contributed by atoms with Crippen molar-refractivity contribution in [2.75, 3.05) is 6.54 Å². The molecule has 2 heteroatoms. The van der Waals surface area contributed by atoms with Crippen LogP contribution in [0.3, 0.4) is 0 Å². The molecular weight excluding hydrogens is 595 g/mol. The van der Waals surface area contributed by atoms with Gasteiger partial charge in [0, 0.05) is 17.5 Å². The van der Waals surface area contributed by atoms with E-state index in [0.717, 1.165) is 66.7 Å². The monoisotopic (exact) mass is 670 g/mol. The number of hydrogen-bond acceptors (Lipinski definition) is 2. The van der Waals surface area contributed by atoms with Gasteiger partial charge in [-0.3, -0.25) is 0 Å². The van der Waals surface area contributed by atoms with Gasteiger partial charge in [0.15, 0.2) is 0 Å². The summed E-state index contributed by atoms with van der Waals surface area (Å²) in [5.74, 6) is 10.9. The largest absolute Gasteiger partial charge is 0.457 e. The van der Waals surface area contributed by atoms with Crippen LogP contribution in [0.2, 0.25) is 0 Å². The Balaban J connectivity index is 3.41. The van der Waals surface area contributed by atoms with Gasteiger partial charge in [-0.2, -0.15) is 0 Å². The summed E-state index contributed by atoms with van der Waals surface area (Å²) in [5, 5.41) is 0. The average Bonchev–Trinajstić information content (AvgIpc) is 3.08. The molecule has 274 valence electrons. The van der Waals surface area contributed by atoms with Crippen LogP contribution in [0.5, 0.6) is 5.75 Å². The maximum Gasteiger partial charge on any atom is 0.136 e. The Morgan fingerprint density at radius 2 is 1.69 bits per heavy atom. The first kappa shape index (κ1) is 44.3. The quantitative estimate of drug-likeness (QED) is 0.0514. The van der Waals surface area contributed by atoms with E-state index in [2.05, 4.69) is 136 Å². The van der Waals surface area contributed by atoms with E-state index in [1.807, 2.05) is 0 Å². The molecule has 0 aromatic heterocycles. The van der Waals surface area contributed by atoms with Crippen molar-refractivity contribution in [3.63, 3.8) is 0 Å².